The van der Waals surface area contributed by atoms with E-state index in [1.165, 1.54) is 24.6 Å². The molecule has 1 aromatic carbocycles. The predicted molar refractivity (Wildman–Crippen MR) is 83.7 cm³/mol. The molecule has 108 valence electrons. The van der Waals surface area contributed by atoms with Crippen LogP contribution in [0.4, 0.5) is 0 Å². The SMILES string of the molecule is CCCC1CCCC(O)(c2ccc3[nH]ccc3c2)CC1. The van der Waals surface area contributed by atoms with Gasteiger partial charge in [-0.25, -0.2) is 0 Å². The summed E-state index contributed by atoms with van der Waals surface area (Å²) >= 11 is 0. The van der Waals surface area contributed by atoms with E-state index in [-0.39, 0.29) is 0 Å². The molecular formula is C18H25NO. The molecule has 1 saturated carbocycles. The second-order valence-electron chi connectivity index (χ2n) is 6.40. The van der Waals surface area contributed by atoms with Crippen molar-refractivity contribution in [2.45, 2.75) is 57.5 Å². The number of aliphatic hydroxyl groups is 1. The molecule has 2 atom stereocenters. The summed E-state index contributed by atoms with van der Waals surface area (Å²) in [5.41, 5.74) is 1.63. The van der Waals surface area contributed by atoms with E-state index in [9.17, 15) is 5.11 Å². The number of hydrogen-bond donors (Lipinski definition) is 2. The molecule has 0 bridgehead atoms. The molecule has 0 spiro atoms. The highest BCUT2D eigenvalue weighted by atomic mass is 16.3. The van der Waals surface area contributed by atoms with E-state index in [1.54, 1.807) is 0 Å². The van der Waals surface area contributed by atoms with E-state index < -0.39 is 5.60 Å². The van der Waals surface area contributed by atoms with Crippen molar-refractivity contribution in [3.8, 4) is 0 Å². The average molecular weight is 271 g/mol. The molecule has 1 aromatic heterocycles. The standard InChI is InChI=1S/C18H25NO/c1-2-4-14-5-3-10-18(20,11-8-14)16-6-7-17-15(13-16)9-12-19-17/h6-7,9,12-14,19-20H,2-5,8,10-11H2,1H3. The molecule has 0 aliphatic heterocycles. The van der Waals surface area contributed by atoms with Crippen molar-refractivity contribution in [2.24, 2.45) is 5.92 Å². The highest BCUT2D eigenvalue weighted by molar-refractivity contribution is 5.80. The zero-order valence-corrected chi connectivity index (χ0v) is 12.4. The smallest absolute Gasteiger partial charge is 0.0896 e. The van der Waals surface area contributed by atoms with Gasteiger partial charge in [-0.3, -0.25) is 0 Å². The number of nitrogens with one attached hydrogen (secondary N) is 1. The Kier molecular flexibility index (Phi) is 3.84. The number of hydrogen-bond acceptors (Lipinski definition) is 1. The van der Waals surface area contributed by atoms with Gasteiger partial charge in [-0.05, 0) is 60.7 Å². The van der Waals surface area contributed by atoms with Crippen LogP contribution in [0.15, 0.2) is 30.5 Å². The van der Waals surface area contributed by atoms with E-state index in [0.29, 0.717) is 0 Å². The van der Waals surface area contributed by atoms with E-state index in [4.69, 9.17) is 0 Å². The second-order valence-corrected chi connectivity index (χ2v) is 6.40. The van der Waals surface area contributed by atoms with E-state index in [2.05, 4.69) is 36.2 Å². The van der Waals surface area contributed by atoms with Gasteiger partial charge in [-0.1, -0.05) is 32.3 Å². The maximum Gasteiger partial charge on any atom is 0.0896 e. The summed E-state index contributed by atoms with van der Waals surface area (Å²) in [7, 11) is 0. The Morgan fingerprint density at radius 3 is 3.00 bits per heavy atom. The van der Waals surface area contributed by atoms with Crippen LogP contribution in [0.25, 0.3) is 10.9 Å². The van der Waals surface area contributed by atoms with Crippen LogP contribution in [-0.4, -0.2) is 10.1 Å². The largest absolute Gasteiger partial charge is 0.385 e. The first-order valence-electron chi connectivity index (χ1n) is 8.01. The van der Waals surface area contributed by atoms with E-state index in [1.807, 2.05) is 6.20 Å². The summed E-state index contributed by atoms with van der Waals surface area (Å²) < 4.78 is 0. The lowest BCUT2D eigenvalue weighted by Crippen LogP contribution is -2.24. The maximum absolute atomic E-state index is 11.1. The number of aromatic nitrogens is 1. The molecule has 3 rings (SSSR count). The van der Waals surface area contributed by atoms with Gasteiger partial charge in [0.15, 0.2) is 0 Å². The first-order valence-corrected chi connectivity index (χ1v) is 8.01. The molecule has 0 radical (unpaired) electrons. The third-order valence-corrected chi connectivity index (χ3v) is 4.96. The average Bonchev–Trinajstić information content (AvgIpc) is 2.84. The Labute approximate surface area is 121 Å². The minimum atomic E-state index is -0.617. The summed E-state index contributed by atoms with van der Waals surface area (Å²) in [6, 6.07) is 8.43. The summed E-state index contributed by atoms with van der Waals surface area (Å²) in [6.07, 6.45) is 9.94. The fraction of sp³-hybridized carbons (Fsp3) is 0.556. The zero-order chi connectivity index (χ0) is 14.0. The molecule has 1 aliphatic carbocycles. The molecule has 2 aromatic rings. The Morgan fingerprint density at radius 1 is 1.25 bits per heavy atom. The lowest BCUT2D eigenvalue weighted by atomic mass is 9.85. The van der Waals surface area contributed by atoms with E-state index in [0.717, 1.165) is 42.7 Å². The van der Waals surface area contributed by atoms with Gasteiger partial charge in [0.05, 0.1) is 5.60 Å². The fourth-order valence-corrected chi connectivity index (χ4v) is 3.72. The van der Waals surface area contributed by atoms with Gasteiger partial charge in [0.2, 0.25) is 0 Å². The molecule has 20 heavy (non-hydrogen) atoms. The van der Waals surface area contributed by atoms with Gasteiger partial charge in [-0.2, -0.15) is 0 Å². The van der Waals surface area contributed by atoms with Crippen molar-refractivity contribution in [1.82, 2.24) is 4.98 Å². The molecular weight excluding hydrogens is 246 g/mol. The number of benzene rings is 1. The topological polar surface area (TPSA) is 36.0 Å². The number of fused-ring (bicyclic) bond motifs is 1. The van der Waals surface area contributed by atoms with Gasteiger partial charge in [0.25, 0.3) is 0 Å². The predicted octanol–water partition coefficient (Wildman–Crippen LogP) is 4.74. The molecule has 1 heterocycles. The van der Waals surface area contributed by atoms with Gasteiger partial charge < -0.3 is 10.1 Å². The van der Waals surface area contributed by atoms with Crippen molar-refractivity contribution in [1.29, 1.82) is 0 Å². The monoisotopic (exact) mass is 271 g/mol. The molecule has 2 heteroatoms. The molecule has 2 unspecified atom stereocenters. The molecule has 2 N–H and O–H groups in total. The highest BCUT2D eigenvalue weighted by Gasteiger charge is 2.32. The lowest BCUT2D eigenvalue weighted by Gasteiger charge is -2.27. The summed E-state index contributed by atoms with van der Waals surface area (Å²) in [4.78, 5) is 3.22. The van der Waals surface area contributed by atoms with Crippen LogP contribution in [0.2, 0.25) is 0 Å². The minimum absolute atomic E-state index is 0.617. The summed E-state index contributed by atoms with van der Waals surface area (Å²) in [5, 5.41) is 12.3. The Morgan fingerprint density at radius 2 is 2.15 bits per heavy atom. The van der Waals surface area contributed by atoms with Crippen LogP contribution in [0.3, 0.4) is 0 Å². The van der Waals surface area contributed by atoms with Crippen molar-refractivity contribution in [3.05, 3.63) is 36.0 Å². The van der Waals surface area contributed by atoms with Crippen molar-refractivity contribution >= 4 is 10.9 Å². The normalized spacial score (nSPS) is 27.6. The van der Waals surface area contributed by atoms with Crippen LogP contribution >= 0.6 is 0 Å². The highest BCUT2D eigenvalue weighted by Crippen LogP contribution is 2.39. The van der Waals surface area contributed by atoms with Crippen LogP contribution in [0, 0.1) is 5.92 Å². The first kappa shape index (κ1) is 13.7. The van der Waals surface area contributed by atoms with Crippen LogP contribution in [0.5, 0.6) is 0 Å². The second kappa shape index (κ2) is 5.61. The molecule has 1 fully saturated rings. The Hall–Kier alpha value is -1.28. The number of rotatable bonds is 3. The van der Waals surface area contributed by atoms with E-state index >= 15 is 0 Å². The van der Waals surface area contributed by atoms with Gasteiger partial charge in [0, 0.05) is 11.7 Å². The van der Waals surface area contributed by atoms with Crippen molar-refractivity contribution in [2.75, 3.05) is 0 Å². The van der Waals surface area contributed by atoms with Crippen LogP contribution < -0.4 is 0 Å². The number of aromatic amines is 1. The van der Waals surface area contributed by atoms with Gasteiger partial charge in [0.1, 0.15) is 0 Å². The third kappa shape index (κ3) is 2.62. The molecule has 0 amide bonds. The van der Waals surface area contributed by atoms with Crippen molar-refractivity contribution in [3.63, 3.8) is 0 Å². The van der Waals surface area contributed by atoms with Crippen molar-refractivity contribution < 1.29 is 5.11 Å². The molecule has 1 aliphatic rings. The van der Waals surface area contributed by atoms with Crippen LogP contribution in [-0.2, 0) is 5.60 Å². The summed E-state index contributed by atoms with van der Waals surface area (Å²) in [5.74, 6) is 0.810. The fourth-order valence-electron chi connectivity index (χ4n) is 3.72. The first-order chi connectivity index (χ1) is 9.71. The minimum Gasteiger partial charge on any atom is -0.385 e. The van der Waals surface area contributed by atoms with Gasteiger partial charge >= 0.3 is 0 Å². The third-order valence-electron chi connectivity index (χ3n) is 4.96. The van der Waals surface area contributed by atoms with Crippen LogP contribution in [0.1, 0.15) is 57.4 Å². The Balaban J connectivity index is 1.83. The number of H-pyrrole nitrogens is 1. The maximum atomic E-state index is 11.1. The summed E-state index contributed by atoms with van der Waals surface area (Å²) in [6.45, 7) is 2.26. The quantitative estimate of drug-likeness (QED) is 0.777. The molecule has 2 nitrogen and oxygen atoms in total. The Bertz CT molecular complexity index is 574. The zero-order valence-electron chi connectivity index (χ0n) is 12.4. The molecule has 0 saturated heterocycles. The van der Waals surface area contributed by atoms with Gasteiger partial charge in [-0.15, -0.1) is 0 Å². The lowest BCUT2D eigenvalue weighted by molar-refractivity contribution is 0.0197.